The predicted molar refractivity (Wildman–Crippen MR) is 51.8 cm³/mol. The van der Waals surface area contributed by atoms with Crippen molar-refractivity contribution in [2.24, 2.45) is 0 Å². The maximum atomic E-state index is 11.0. The van der Waals surface area contributed by atoms with Gasteiger partial charge in [0.05, 0.1) is 0 Å². The molecule has 0 aliphatic rings. The first-order valence-corrected chi connectivity index (χ1v) is 4.98. The van der Waals surface area contributed by atoms with Gasteiger partial charge in [-0.1, -0.05) is 0 Å². The molecule has 0 aliphatic heterocycles. The lowest BCUT2D eigenvalue weighted by Gasteiger charge is -2.05. The van der Waals surface area contributed by atoms with Crippen molar-refractivity contribution in [2.75, 3.05) is 21.3 Å². The molecule has 0 aromatic heterocycles. The van der Waals surface area contributed by atoms with Gasteiger partial charge in [0.25, 0.3) is 5.83 Å². The Labute approximate surface area is 101 Å². The summed E-state index contributed by atoms with van der Waals surface area (Å²) in [5.41, 5.74) is 0. The zero-order valence-corrected chi connectivity index (χ0v) is 10.7. The van der Waals surface area contributed by atoms with Crippen molar-refractivity contribution in [1.29, 1.82) is 0 Å². The number of halogens is 6. The summed E-state index contributed by atoms with van der Waals surface area (Å²) in [4.78, 5) is 0. The van der Waals surface area contributed by atoms with Gasteiger partial charge < -0.3 is 24.2 Å². The molecule has 0 unspecified atom stereocenters. The molecular weight excluding hydrogens is 294 g/mol. The summed E-state index contributed by atoms with van der Waals surface area (Å²) in [6, 6.07) is 0. The summed E-state index contributed by atoms with van der Waals surface area (Å²) in [5, 5.41) is 0. The summed E-state index contributed by atoms with van der Waals surface area (Å²) in [6.45, 7) is 0. The lowest BCUT2D eigenvalue weighted by molar-refractivity contribution is -0.113. The normalized spacial score (nSPS) is 9.67. The zero-order valence-electron chi connectivity index (χ0n) is 9.57. The van der Waals surface area contributed by atoms with E-state index < -0.39 is 27.6 Å². The first-order chi connectivity index (χ1) is 7.20. The Morgan fingerprint density at radius 2 is 1.11 bits per heavy atom. The molecule has 0 spiro atoms. The summed E-state index contributed by atoms with van der Waals surface area (Å²) < 4.78 is 79.0. The fraction of sp³-hybridized carbons (Fsp3) is 0.667. The van der Waals surface area contributed by atoms with Gasteiger partial charge in [-0.05, 0) is 0 Å². The average Bonchev–Trinajstić information content (AvgIpc) is 2.19. The first-order valence-electron chi connectivity index (χ1n) is 3.57. The summed E-state index contributed by atoms with van der Waals surface area (Å²) in [6.07, 6.45) is -8.90. The predicted octanol–water partition coefficient (Wildman–Crippen LogP) is 0.620. The molecule has 0 aliphatic carbocycles. The van der Waals surface area contributed by atoms with Gasteiger partial charge in [0.2, 0.25) is 0 Å². The molecule has 0 heterocycles. The Kier molecular flexibility index (Phi) is 18.5. The lowest BCUT2D eigenvalue weighted by Crippen LogP contribution is -2.21. The van der Waals surface area contributed by atoms with Crippen LogP contribution in [0.2, 0.25) is 0 Å². The highest BCUT2D eigenvalue weighted by Crippen LogP contribution is 2.29. The molecule has 0 rings (SSSR count). The second-order valence-electron chi connectivity index (χ2n) is 2.07. The molecule has 5 nitrogen and oxygen atoms in total. The molecule has 0 saturated heterocycles. The maximum Gasteiger partial charge on any atom is 0.483 e. The minimum absolute atomic E-state index is 0. The molecule has 0 aromatic carbocycles. The van der Waals surface area contributed by atoms with Crippen LogP contribution in [0.5, 0.6) is 0 Å². The third-order valence-corrected chi connectivity index (χ3v) is 2.15. The van der Waals surface area contributed by atoms with E-state index in [-0.39, 0.29) is 11.0 Å². The fourth-order valence-electron chi connectivity index (χ4n) is 0.396. The van der Waals surface area contributed by atoms with Crippen molar-refractivity contribution in [3.05, 3.63) is 11.9 Å². The van der Waals surface area contributed by atoms with Crippen molar-refractivity contribution in [3.8, 4) is 0 Å². The van der Waals surface area contributed by atoms with Crippen LogP contribution in [0.4, 0.5) is 26.3 Å². The van der Waals surface area contributed by atoms with Gasteiger partial charge in [0.1, 0.15) is 0 Å². The second kappa shape index (κ2) is 12.8. The third kappa shape index (κ3) is 13.4. The largest absolute Gasteiger partial charge is 0.483 e. The van der Waals surface area contributed by atoms with Gasteiger partial charge in [-0.3, -0.25) is 0 Å². The minimum Gasteiger partial charge on any atom is -0.412 e. The highest BCUT2D eigenvalue weighted by atomic mass is 28.3. The molecule has 18 heavy (non-hydrogen) atoms. The smallest absolute Gasteiger partial charge is 0.412 e. The van der Waals surface area contributed by atoms with Crippen LogP contribution < -0.4 is 0 Å². The molecule has 0 saturated carbocycles. The number of alkyl halides is 3. The number of hydrogen-bond donors (Lipinski definition) is 0. The standard InChI is InChI=1S/C3F6.C3H10O3Si.2H2O/c4-1(2(5)6)3(7,8)9;1-4-7(5-2)6-3;;/h;7H,1-3H3;2*1H2. The van der Waals surface area contributed by atoms with Crippen LogP contribution in [0.1, 0.15) is 0 Å². The van der Waals surface area contributed by atoms with E-state index in [0.717, 1.165) is 0 Å². The molecule has 0 bridgehead atoms. The Bertz CT molecular complexity index is 209. The lowest BCUT2D eigenvalue weighted by atomic mass is 10.6. The summed E-state index contributed by atoms with van der Waals surface area (Å²) in [7, 11) is 3.05. The average molecular weight is 308 g/mol. The van der Waals surface area contributed by atoms with E-state index in [1.807, 2.05) is 0 Å². The summed E-state index contributed by atoms with van der Waals surface area (Å²) in [5.74, 6) is -3.33. The van der Waals surface area contributed by atoms with E-state index in [9.17, 15) is 26.3 Å². The van der Waals surface area contributed by atoms with Gasteiger partial charge in [-0.25, -0.2) is 0 Å². The monoisotopic (exact) mass is 308 g/mol. The van der Waals surface area contributed by atoms with Gasteiger partial charge in [-0.15, -0.1) is 0 Å². The Morgan fingerprint density at radius 1 is 0.833 bits per heavy atom. The van der Waals surface area contributed by atoms with Crippen LogP contribution >= 0.6 is 0 Å². The van der Waals surface area contributed by atoms with E-state index in [4.69, 9.17) is 13.3 Å². The van der Waals surface area contributed by atoms with Gasteiger partial charge in [0.15, 0.2) is 0 Å². The van der Waals surface area contributed by atoms with Crippen molar-refractivity contribution in [2.45, 2.75) is 6.18 Å². The van der Waals surface area contributed by atoms with Crippen LogP contribution in [0.25, 0.3) is 0 Å². The van der Waals surface area contributed by atoms with E-state index in [1.165, 1.54) is 0 Å². The topological polar surface area (TPSA) is 90.7 Å². The van der Waals surface area contributed by atoms with E-state index in [2.05, 4.69) is 0 Å². The van der Waals surface area contributed by atoms with Crippen LogP contribution in [-0.2, 0) is 13.3 Å². The number of rotatable bonds is 3. The molecule has 0 fully saturated rings. The maximum absolute atomic E-state index is 11.0. The minimum atomic E-state index is -5.56. The highest BCUT2D eigenvalue weighted by molar-refractivity contribution is 6.36. The SMILES string of the molecule is CO[SiH](OC)OC.FC(F)=C(F)C(F)(F)F.O.O. The quantitative estimate of drug-likeness (QED) is 0.565. The fourth-order valence-corrected chi connectivity index (χ4v) is 0.973. The van der Waals surface area contributed by atoms with Crippen LogP contribution in [-0.4, -0.2) is 48.0 Å². The molecule has 0 radical (unpaired) electrons. The van der Waals surface area contributed by atoms with Gasteiger partial charge in [-0.2, -0.15) is 26.3 Å². The molecular formula is C6H14F6O5Si. The molecule has 4 N–H and O–H groups in total. The first kappa shape index (κ1) is 26.0. The molecule has 12 heteroatoms. The van der Waals surface area contributed by atoms with Crippen molar-refractivity contribution in [3.63, 3.8) is 0 Å². The summed E-state index contributed by atoms with van der Waals surface area (Å²) >= 11 is 0. The van der Waals surface area contributed by atoms with Crippen molar-refractivity contribution < 1.29 is 50.6 Å². The van der Waals surface area contributed by atoms with E-state index >= 15 is 0 Å². The van der Waals surface area contributed by atoms with Crippen LogP contribution in [0, 0.1) is 0 Å². The van der Waals surface area contributed by atoms with Crippen LogP contribution in [0.15, 0.2) is 11.9 Å². The molecule has 0 atom stereocenters. The van der Waals surface area contributed by atoms with Gasteiger partial charge >= 0.3 is 21.8 Å². The molecule has 0 aromatic rings. The van der Waals surface area contributed by atoms with Crippen molar-refractivity contribution >= 4 is 9.53 Å². The third-order valence-electron chi connectivity index (χ3n) is 0.992. The zero-order chi connectivity index (χ0) is 13.4. The van der Waals surface area contributed by atoms with E-state index in [0.29, 0.717) is 0 Å². The van der Waals surface area contributed by atoms with Crippen molar-refractivity contribution in [1.82, 2.24) is 0 Å². The number of hydrogen-bond acceptors (Lipinski definition) is 3. The molecule has 0 amide bonds. The van der Waals surface area contributed by atoms with E-state index in [1.54, 1.807) is 21.3 Å². The Morgan fingerprint density at radius 3 is 1.11 bits per heavy atom. The second-order valence-corrected chi connectivity index (χ2v) is 4.06. The van der Waals surface area contributed by atoms with Crippen LogP contribution in [0.3, 0.4) is 0 Å². The Balaban J connectivity index is -0.000000100. The highest BCUT2D eigenvalue weighted by Gasteiger charge is 2.38. The Hall–Kier alpha value is -0.663. The van der Waals surface area contributed by atoms with Gasteiger partial charge in [0, 0.05) is 21.3 Å². The number of allylic oxidation sites excluding steroid dienone is 1. The molecule has 114 valence electrons.